The van der Waals surface area contributed by atoms with Crippen LogP contribution < -0.4 is 0 Å². The Morgan fingerprint density at radius 3 is 2.43 bits per heavy atom. The molecule has 0 atom stereocenters. The van der Waals surface area contributed by atoms with Crippen molar-refractivity contribution in [3.05, 3.63) is 35.4 Å². The molecule has 0 amide bonds. The number of hydrogen-bond donors (Lipinski definition) is 0. The molecule has 0 unspecified atom stereocenters. The predicted octanol–water partition coefficient (Wildman–Crippen LogP) is 1.43. The third-order valence-electron chi connectivity index (χ3n) is 2.44. The quantitative estimate of drug-likeness (QED) is 0.672. The normalized spacial score (nSPS) is 18.7. The molecule has 2 rings (SSSR count). The Hall–Kier alpha value is -1.29. The summed E-state index contributed by atoms with van der Waals surface area (Å²) in [4.78, 5) is 10.8. The largest absolute Gasteiger partial charge is 0.379 e. The third kappa shape index (κ3) is 1.23. The van der Waals surface area contributed by atoms with Gasteiger partial charge in [-0.15, -0.1) is 0 Å². The van der Waals surface area contributed by atoms with Gasteiger partial charge in [0.25, 0.3) is 0 Å². The van der Waals surface area contributed by atoms with E-state index in [0.717, 1.165) is 18.4 Å². The van der Waals surface area contributed by atoms with Crippen molar-refractivity contribution in [2.24, 2.45) is 0 Å². The second-order valence-corrected chi connectivity index (χ2v) is 3.40. The van der Waals surface area contributed by atoms with E-state index >= 15 is 0 Å². The summed E-state index contributed by atoms with van der Waals surface area (Å²) in [5.41, 5.74) is -0.299. The van der Waals surface area contributed by atoms with Crippen LogP contribution in [0.25, 0.3) is 0 Å². The van der Waals surface area contributed by atoms with E-state index < -0.39 is 17.0 Å². The van der Waals surface area contributed by atoms with Gasteiger partial charge in [0.05, 0.1) is 18.6 Å². The molecule has 0 aliphatic carbocycles. The van der Waals surface area contributed by atoms with Crippen molar-refractivity contribution in [3.8, 4) is 0 Å². The lowest BCUT2D eigenvalue weighted by Gasteiger charge is -2.36. The van der Waals surface area contributed by atoms with Gasteiger partial charge in [-0.25, -0.2) is 8.78 Å². The summed E-state index contributed by atoms with van der Waals surface area (Å²) in [6.45, 7) is 0.475. The maximum Gasteiger partial charge on any atom is 0.159 e. The monoisotopic (exact) mass is 198 g/mol. The number of carbonyl (C=O) groups excluding carboxylic acids is 1. The summed E-state index contributed by atoms with van der Waals surface area (Å²) in [6, 6.07) is 3.48. The van der Waals surface area contributed by atoms with Crippen molar-refractivity contribution in [1.82, 2.24) is 0 Å². The first kappa shape index (κ1) is 9.27. The lowest BCUT2D eigenvalue weighted by atomic mass is 9.80. The Balaban J connectivity index is 2.41. The zero-order valence-electron chi connectivity index (χ0n) is 7.30. The number of benzene rings is 1. The van der Waals surface area contributed by atoms with Crippen molar-refractivity contribution < 1.29 is 18.3 Å². The highest BCUT2D eigenvalue weighted by Gasteiger charge is 2.40. The molecule has 0 N–H and O–H groups in total. The Morgan fingerprint density at radius 2 is 2.00 bits per heavy atom. The van der Waals surface area contributed by atoms with Gasteiger partial charge in [-0.3, -0.25) is 0 Å². The minimum Gasteiger partial charge on any atom is -0.379 e. The van der Waals surface area contributed by atoms with Crippen LogP contribution in [0.4, 0.5) is 8.78 Å². The van der Waals surface area contributed by atoms with Crippen molar-refractivity contribution in [3.63, 3.8) is 0 Å². The SMILES string of the molecule is O=CC1(c2ccc(F)c(F)c2)COC1. The molecule has 0 bridgehead atoms. The first-order valence-corrected chi connectivity index (χ1v) is 4.17. The molecule has 1 heterocycles. The molecule has 0 spiro atoms. The molecular formula is C10H8F2O2. The smallest absolute Gasteiger partial charge is 0.159 e. The molecule has 2 nitrogen and oxygen atoms in total. The van der Waals surface area contributed by atoms with Gasteiger partial charge in [-0.05, 0) is 17.7 Å². The maximum absolute atomic E-state index is 12.9. The molecule has 1 fully saturated rings. The second-order valence-electron chi connectivity index (χ2n) is 3.40. The molecule has 14 heavy (non-hydrogen) atoms. The molecule has 0 aromatic heterocycles. The fourth-order valence-electron chi connectivity index (χ4n) is 1.43. The van der Waals surface area contributed by atoms with Crippen molar-refractivity contribution in [2.45, 2.75) is 5.41 Å². The average Bonchev–Trinajstić information content (AvgIpc) is 2.10. The van der Waals surface area contributed by atoms with Gasteiger partial charge < -0.3 is 9.53 Å². The Bertz CT molecular complexity index is 372. The minimum absolute atomic E-state index is 0.238. The highest BCUT2D eigenvalue weighted by Crippen LogP contribution is 2.30. The number of hydrogen-bond acceptors (Lipinski definition) is 2. The molecule has 1 aliphatic heterocycles. The van der Waals surface area contributed by atoms with Gasteiger partial charge in [0.1, 0.15) is 6.29 Å². The van der Waals surface area contributed by atoms with Crippen molar-refractivity contribution >= 4 is 6.29 Å². The van der Waals surface area contributed by atoms with E-state index in [4.69, 9.17) is 4.74 Å². The number of carbonyl (C=O) groups is 1. The lowest BCUT2D eigenvalue weighted by Crippen LogP contribution is -2.48. The average molecular weight is 198 g/mol. The third-order valence-corrected chi connectivity index (χ3v) is 2.44. The summed E-state index contributed by atoms with van der Waals surface area (Å²) in [5.74, 6) is -1.84. The molecule has 1 saturated heterocycles. The van der Waals surface area contributed by atoms with Crippen LogP contribution in [0.5, 0.6) is 0 Å². The summed E-state index contributed by atoms with van der Waals surface area (Å²) >= 11 is 0. The molecule has 4 heteroatoms. The van der Waals surface area contributed by atoms with Gasteiger partial charge in [0.15, 0.2) is 11.6 Å². The van der Waals surface area contributed by atoms with Crippen LogP contribution in [0, 0.1) is 11.6 Å². The highest BCUT2D eigenvalue weighted by atomic mass is 19.2. The zero-order chi connectivity index (χ0) is 10.2. The van der Waals surface area contributed by atoms with Crippen LogP contribution in [-0.4, -0.2) is 19.5 Å². The first-order valence-electron chi connectivity index (χ1n) is 4.17. The van der Waals surface area contributed by atoms with E-state index in [9.17, 15) is 13.6 Å². The van der Waals surface area contributed by atoms with Crippen LogP contribution >= 0.6 is 0 Å². The van der Waals surface area contributed by atoms with E-state index in [1.807, 2.05) is 0 Å². The molecular weight excluding hydrogens is 190 g/mol. The van der Waals surface area contributed by atoms with Crippen LogP contribution in [0.3, 0.4) is 0 Å². The summed E-state index contributed by atoms with van der Waals surface area (Å²) < 4.78 is 30.4. The van der Waals surface area contributed by atoms with E-state index in [1.165, 1.54) is 6.07 Å². The fraction of sp³-hybridized carbons (Fsp3) is 0.300. The lowest BCUT2D eigenvalue weighted by molar-refractivity contribution is -0.129. The number of halogens is 2. The van der Waals surface area contributed by atoms with E-state index in [-0.39, 0.29) is 13.2 Å². The van der Waals surface area contributed by atoms with Crippen LogP contribution in [0.1, 0.15) is 5.56 Å². The summed E-state index contributed by atoms with van der Waals surface area (Å²) in [6.07, 6.45) is 0.725. The second kappa shape index (κ2) is 3.13. The van der Waals surface area contributed by atoms with Crippen LogP contribution in [0.2, 0.25) is 0 Å². The maximum atomic E-state index is 12.9. The Kier molecular flexibility index (Phi) is 2.07. The van der Waals surface area contributed by atoms with E-state index in [0.29, 0.717) is 5.56 Å². The van der Waals surface area contributed by atoms with Crippen LogP contribution in [0.15, 0.2) is 18.2 Å². The number of ether oxygens (including phenoxy) is 1. The zero-order valence-corrected chi connectivity index (χ0v) is 7.30. The van der Waals surface area contributed by atoms with Crippen molar-refractivity contribution in [2.75, 3.05) is 13.2 Å². The minimum atomic E-state index is -0.935. The summed E-state index contributed by atoms with van der Waals surface area (Å²) in [7, 11) is 0. The van der Waals surface area contributed by atoms with Gasteiger partial charge in [0.2, 0.25) is 0 Å². The van der Waals surface area contributed by atoms with Gasteiger partial charge in [0, 0.05) is 0 Å². The number of rotatable bonds is 2. The predicted molar refractivity (Wildman–Crippen MR) is 44.9 cm³/mol. The topological polar surface area (TPSA) is 26.3 Å². The molecule has 74 valence electrons. The van der Waals surface area contributed by atoms with E-state index in [1.54, 1.807) is 0 Å². The molecule has 1 aliphatic rings. The fourth-order valence-corrected chi connectivity index (χ4v) is 1.43. The summed E-state index contributed by atoms with van der Waals surface area (Å²) in [5, 5.41) is 0. The van der Waals surface area contributed by atoms with Crippen LogP contribution in [-0.2, 0) is 14.9 Å². The first-order chi connectivity index (χ1) is 6.68. The van der Waals surface area contributed by atoms with Gasteiger partial charge in [-0.2, -0.15) is 0 Å². The number of aldehydes is 1. The molecule has 0 saturated carbocycles. The molecule has 1 aromatic carbocycles. The van der Waals surface area contributed by atoms with Gasteiger partial charge >= 0.3 is 0 Å². The molecule has 1 aromatic rings. The Morgan fingerprint density at radius 1 is 1.29 bits per heavy atom. The Labute approximate surface area is 79.5 Å². The molecule has 0 radical (unpaired) electrons. The standard InChI is InChI=1S/C10H8F2O2/c11-8-2-1-7(3-9(8)12)10(4-13)5-14-6-10/h1-4H,5-6H2. The van der Waals surface area contributed by atoms with Crippen molar-refractivity contribution in [1.29, 1.82) is 0 Å². The van der Waals surface area contributed by atoms with E-state index in [2.05, 4.69) is 0 Å². The van der Waals surface area contributed by atoms with Gasteiger partial charge in [-0.1, -0.05) is 6.07 Å². The highest BCUT2D eigenvalue weighted by molar-refractivity contribution is 5.70.